The lowest BCUT2D eigenvalue weighted by Gasteiger charge is -2.35. The van der Waals surface area contributed by atoms with Gasteiger partial charge >= 0.3 is 0 Å². The topological polar surface area (TPSA) is 95.2 Å². The molecule has 0 fully saturated rings. The molecule has 0 bridgehead atoms. The first-order chi connectivity index (χ1) is 10.5. The molecule has 1 aliphatic carbocycles. The molecule has 5 heteroatoms. The molecule has 0 amide bonds. The third-order valence-electron chi connectivity index (χ3n) is 4.22. The van der Waals surface area contributed by atoms with Crippen LogP contribution in [0.4, 0.5) is 0 Å². The summed E-state index contributed by atoms with van der Waals surface area (Å²) >= 11 is 6.12. The van der Waals surface area contributed by atoms with Gasteiger partial charge in [0.25, 0.3) is 0 Å². The number of nitrogens with zero attached hydrogens (tertiary/aromatic N) is 4. The zero-order valence-electron chi connectivity index (χ0n) is 11.9. The number of allylic oxidation sites excluding steroid dienone is 2. The molecule has 1 aromatic carbocycles. The van der Waals surface area contributed by atoms with Crippen molar-refractivity contribution in [3.05, 3.63) is 40.4 Å². The van der Waals surface area contributed by atoms with Crippen LogP contribution in [0.25, 0.3) is 5.57 Å². The molecule has 0 spiro atoms. The van der Waals surface area contributed by atoms with E-state index in [-0.39, 0.29) is 12.8 Å². The zero-order valence-corrected chi connectivity index (χ0v) is 12.6. The molecular formula is C17H11ClN4. The lowest BCUT2D eigenvalue weighted by Crippen LogP contribution is -2.40. The highest BCUT2D eigenvalue weighted by Crippen LogP contribution is 2.51. The maximum Gasteiger partial charge on any atom is 0.179 e. The highest BCUT2D eigenvalue weighted by molar-refractivity contribution is 6.31. The standard InChI is InChI=1S/C17H11ClN4/c1-12-14(3-2-4-15(12)18)13-5-6-16(8-19,9-20)17(7-13,10-21)11-22/h2-5H,6-7H2,1H3. The molecule has 0 heterocycles. The van der Waals surface area contributed by atoms with Crippen molar-refractivity contribution < 1.29 is 0 Å². The minimum atomic E-state index is -1.69. The van der Waals surface area contributed by atoms with Crippen molar-refractivity contribution in [3.63, 3.8) is 0 Å². The van der Waals surface area contributed by atoms with Crippen molar-refractivity contribution in [1.82, 2.24) is 0 Å². The van der Waals surface area contributed by atoms with Gasteiger partial charge in [0.1, 0.15) is 0 Å². The highest BCUT2D eigenvalue weighted by Gasteiger charge is 2.56. The first-order valence-electron chi connectivity index (χ1n) is 6.59. The molecule has 0 saturated heterocycles. The van der Waals surface area contributed by atoms with Crippen molar-refractivity contribution in [2.45, 2.75) is 19.8 Å². The quantitative estimate of drug-likeness (QED) is 0.786. The van der Waals surface area contributed by atoms with Gasteiger partial charge in [-0.3, -0.25) is 0 Å². The van der Waals surface area contributed by atoms with Crippen molar-refractivity contribution in [3.8, 4) is 24.3 Å². The third kappa shape index (κ3) is 2.03. The number of halogens is 1. The fraction of sp³-hybridized carbons (Fsp3) is 0.294. The Morgan fingerprint density at radius 3 is 2.14 bits per heavy atom. The van der Waals surface area contributed by atoms with E-state index in [0.717, 1.165) is 16.7 Å². The van der Waals surface area contributed by atoms with Gasteiger partial charge in [0, 0.05) is 17.9 Å². The van der Waals surface area contributed by atoms with Crippen LogP contribution in [-0.4, -0.2) is 0 Å². The molecule has 0 N–H and O–H groups in total. The second kappa shape index (κ2) is 5.54. The van der Waals surface area contributed by atoms with Crippen LogP contribution in [-0.2, 0) is 0 Å². The van der Waals surface area contributed by atoms with Crippen molar-refractivity contribution in [2.24, 2.45) is 10.8 Å². The van der Waals surface area contributed by atoms with Gasteiger partial charge in [0.15, 0.2) is 10.8 Å². The second-order valence-corrected chi connectivity index (χ2v) is 5.69. The van der Waals surface area contributed by atoms with Crippen LogP contribution in [0.5, 0.6) is 0 Å². The summed E-state index contributed by atoms with van der Waals surface area (Å²) in [5.41, 5.74) is -0.875. The minimum Gasteiger partial charge on any atom is -0.196 e. The zero-order chi connectivity index (χ0) is 16.4. The van der Waals surface area contributed by atoms with E-state index in [1.165, 1.54) is 0 Å². The maximum atomic E-state index is 9.50. The van der Waals surface area contributed by atoms with Crippen LogP contribution in [0.15, 0.2) is 24.3 Å². The van der Waals surface area contributed by atoms with Crippen LogP contribution >= 0.6 is 11.6 Å². The van der Waals surface area contributed by atoms with Crippen LogP contribution in [0.2, 0.25) is 5.02 Å². The normalized spacial score (nSPS) is 18.0. The molecular weight excluding hydrogens is 296 g/mol. The Kier molecular flexibility index (Phi) is 3.93. The second-order valence-electron chi connectivity index (χ2n) is 5.28. The number of hydrogen-bond donors (Lipinski definition) is 0. The highest BCUT2D eigenvalue weighted by atomic mass is 35.5. The summed E-state index contributed by atoms with van der Waals surface area (Å²) in [6.45, 7) is 1.86. The Balaban J connectivity index is 2.63. The number of nitriles is 4. The SMILES string of the molecule is Cc1c(Cl)cccc1C1=CCC(C#N)(C#N)C(C#N)(C#N)C1. The molecule has 106 valence electrons. The fourth-order valence-electron chi connectivity index (χ4n) is 2.72. The monoisotopic (exact) mass is 306 g/mol. The fourth-order valence-corrected chi connectivity index (χ4v) is 2.90. The smallest absolute Gasteiger partial charge is 0.179 e. The molecule has 1 aliphatic rings. The van der Waals surface area contributed by atoms with Gasteiger partial charge in [-0.05, 0) is 29.7 Å². The number of rotatable bonds is 1. The van der Waals surface area contributed by atoms with Crippen LogP contribution in [0.1, 0.15) is 24.0 Å². The maximum absolute atomic E-state index is 9.50. The Hall–Kier alpha value is -2.79. The molecule has 4 nitrogen and oxygen atoms in total. The molecule has 0 aromatic heterocycles. The predicted octanol–water partition coefficient (Wildman–Crippen LogP) is 3.89. The first-order valence-corrected chi connectivity index (χ1v) is 6.96. The predicted molar refractivity (Wildman–Crippen MR) is 80.7 cm³/mol. The first kappa shape index (κ1) is 15.6. The molecule has 0 unspecified atom stereocenters. The van der Waals surface area contributed by atoms with Gasteiger partial charge < -0.3 is 0 Å². The minimum absolute atomic E-state index is 0.0301. The van der Waals surface area contributed by atoms with E-state index in [1.807, 2.05) is 37.3 Å². The Bertz CT molecular complexity index is 796. The van der Waals surface area contributed by atoms with E-state index in [2.05, 4.69) is 0 Å². The van der Waals surface area contributed by atoms with E-state index >= 15 is 0 Å². The Morgan fingerprint density at radius 1 is 1.00 bits per heavy atom. The van der Waals surface area contributed by atoms with Gasteiger partial charge in [0.05, 0.1) is 24.3 Å². The lowest BCUT2D eigenvalue weighted by atomic mass is 9.58. The molecule has 0 saturated carbocycles. The van der Waals surface area contributed by atoms with Gasteiger partial charge in [0.2, 0.25) is 0 Å². The summed E-state index contributed by atoms with van der Waals surface area (Å²) in [7, 11) is 0. The average molecular weight is 307 g/mol. The summed E-state index contributed by atoms with van der Waals surface area (Å²) < 4.78 is 0. The summed E-state index contributed by atoms with van der Waals surface area (Å²) in [6.07, 6.45) is 1.84. The summed E-state index contributed by atoms with van der Waals surface area (Å²) in [4.78, 5) is 0. The molecule has 2 rings (SSSR count). The van der Waals surface area contributed by atoms with Crippen molar-refractivity contribution in [1.29, 1.82) is 21.0 Å². The largest absolute Gasteiger partial charge is 0.196 e. The van der Waals surface area contributed by atoms with E-state index in [0.29, 0.717) is 5.02 Å². The molecule has 22 heavy (non-hydrogen) atoms. The summed E-state index contributed by atoms with van der Waals surface area (Å²) in [5, 5.41) is 38.3. The Labute approximate surface area is 134 Å². The van der Waals surface area contributed by atoms with E-state index in [9.17, 15) is 21.0 Å². The van der Waals surface area contributed by atoms with Gasteiger partial charge in [-0.1, -0.05) is 29.8 Å². The van der Waals surface area contributed by atoms with E-state index in [4.69, 9.17) is 11.6 Å². The molecule has 0 aliphatic heterocycles. The van der Waals surface area contributed by atoms with Crippen LogP contribution < -0.4 is 0 Å². The number of benzene rings is 1. The van der Waals surface area contributed by atoms with Crippen LogP contribution in [0.3, 0.4) is 0 Å². The van der Waals surface area contributed by atoms with Crippen molar-refractivity contribution >= 4 is 17.2 Å². The van der Waals surface area contributed by atoms with Crippen molar-refractivity contribution in [2.75, 3.05) is 0 Å². The summed E-state index contributed by atoms with van der Waals surface area (Å²) in [5.74, 6) is 0. The van der Waals surface area contributed by atoms with Gasteiger partial charge in [-0.2, -0.15) is 21.0 Å². The molecule has 0 atom stereocenters. The Morgan fingerprint density at radius 2 is 1.59 bits per heavy atom. The average Bonchev–Trinajstić information content (AvgIpc) is 2.56. The molecule has 0 radical (unpaired) electrons. The van der Waals surface area contributed by atoms with Crippen LogP contribution in [0, 0.1) is 63.1 Å². The third-order valence-corrected chi connectivity index (χ3v) is 4.63. The number of hydrogen-bond acceptors (Lipinski definition) is 4. The van der Waals surface area contributed by atoms with Gasteiger partial charge in [-0.15, -0.1) is 0 Å². The molecule has 1 aromatic rings. The van der Waals surface area contributed by atoms with Gasteiger partial charge in [-0.25, -0.2) is 0 Å². The van der Waals surface area contributed by atoms with E-state index in [1.54, 1.807) is 18.2 Å². The summed E-state index contributed by atoms with van der Waals surface area (Å²) in [6, 6.07) is 13.0. The van der Waals surface area contributed by atoms with E-state index < -0.39 is 10.8 Å². The lowest BCUT2D eigenvalue weighted by molar-refractivity contribution is 0.296.